The Labute approximate surface area is 150 Å². The largest absolute Gasteiger partial charge is 0.392 e. The Morgan fingerprint density at radius 2 is 1.08 bits per heavy atom. The molecule has 0 bridgehead atoms. The van der Waals surface area contributed by atoms with Gasteiger partial charge in [0.25, 0.3) is 10.1 Å². The molecule has 0 aromatic rings. The summed E-state index contributed by atoms with van der Waals surface area (Å²) in [5.41, 5.74) is 0. The minimum atomic E-state index is -4.13. The Bertz CT molecular complexity index is 368. The highest BCUT2D eigenvalue weighted by Crippen LogP contribution is 2.17. The number of rotatable bonds is 17. The van der Waals surface area contributed by atoms with Crippen molar-refractivity contribution in [1.29, 1.82) is 0 Å². The van der Waals surface area contributed by atoms with E-state index in [2.05, 4.69) is 6.92 Å². The first-order chi connectivity index (χ1) is 11.4. The van der Waals surface area contributed by atoms with Crippen molar-refractivity contribution >= 4 is 10.1 Å². The Hall–Kier alpha value is -0.130. The lowest BCUT2D eigenvalue weighted by molar-refractivity contribution is 0.149. The van der Waals surface area contributed by atoms with Gasteiger partial charge >= 0.3 is 0 Å². The van der Waals surface area contributed by atoms with Gasteiger partial charge in [0.05, 0.1) is 6.10 Å². The summed E-state index contributed by atoms with van der Waals surface area (Å²) in [6.07, 6.45) is 16.1. The van der Waals surface area contributed by atoms with E-state index in [0.717, 1.165) is 19.3 Å². The molecule has 5 heteroatoms. The molecule has 2 unspecified atom stereocenters. The fraction of sp³-hybridized carbons (Fsp3) is 1.00. The molecule has 0 saturated heterocycles. The smallest absolute Gasteiger partial charge is 0.270 e. The molecule has 0 aliphatic heterocycles. The van der Waals surface area contributed by atoms with E-state index in [1.165, 1.54) is 64.2 Å². The quantitative estimate of drug-likeness (QED) is 0.264. The van der Waals surface area contributed by atoms with Gasteiger partial charge in [-0.05, 0) is 12.8 Å². The van der Waals surface area contributed by atoms with Crippen LogP contribution >= 0.6 is 0 Å². The third-order valence-electron chi connectivity index (χ3n) is 4.82. The first kappa shape index (κ1) is 23.9. The number of unbranched alkanes of at least 4 members (excludes halogenated alkanes) is 12. The van der Waals surface area contributed by atoms with Gasteiger partial charge in [0.2, 0.25) is 0 Å². The molecule has 0 rings (SSSR count). The molecule has 0 aliphatic rings. The van der Waals surface area contributed by atoms with Gasteiger partial charge in [-0.1, -0.05) is 97.3 Å². The minimum absolute atomic E-state index is 0.248. The normalized spacial score (nSPS) is 14.7. The summed E-state index contributed by atoms with van der Waals surface area (Å²) in [6, 6.07) is 0. The van der Waals surface area contributed by atoms with Gasteiger partial charge in [0, 0.05) is 0 Å². The van der Waals surface area contributed by atoms with Crippen LogP contribution in [0.2, 0.25) is 0 Å². The van der Waals surface area contributed by atoms with E-state index in [-0.39, 0.29) is 6.42 Å². The zero-order valence-corrected chi connectivity index (χ0v) is 16.7. The van der Waals surface area contributed by atoms with E-state index in [9.17, 15) is 13.5 Å². The van der Waals surface area contributed by atoms with Gasteiger partial charge in [-0.25, -0.2) is 0 Å². The van der Waals surface area contributed by atoms with E-state index in [0.29, 0.717) is 6.42 Å². The van der Waals surface area contributed by atoms with E-state index >= 15 is 0 Å². The van der Waals surface area contributed by atoms with Crippen LogP contribution < -0.4 is 0 Å². The summed E-state index contributed by atoms with van der Waals surface area (Å²) in [5.74, 6) is 0. The molecule has 0 saturated carbocycles. The van der Waals surface area contributed by atoms with Crippen LogP contribution in [0.15, 0.2) is 0 Å². The maximum absolute atomic E-state index is 11.1. The van der Waals surface area contributed by atoms with Gasteiger partial charge in [-0.15, -0.1) is 0 Å². The van der Waals surface area contributed by atoms with E-state index in [1.807, 2.05) is 0 Å². The Kier molecular flexibility index (Phi) is 15.1. The first-order valence-electron chi connectivity index (χ1n) is 10.1. The molecule has 2 N–H and O–H groups in total. The van der Waals surface area contributed by atoms with Gasteiger partial charge in [-0.3, -0.25) is 4.55 Å². The zero-order valence-electron chi connectivity index (χ0n) is 15.9. The molecule has 2 atom stereocenters. The molecule has 0 aromatic heterocycles. The predicted octanol–water partition coefficient (Wildman–Crippen LogP) is 5.50. The average Bonchev–Trinajstić information content (AvgIpc) is 2.51. The predicted molar refractivity (Wildman–Crippen MR) is 102 cm³/mol. The van der Waals surface area contributed by atoms with Crippen LogP contribution in [0.1, 0.15) is 110 Å². The standard InChI is InChI=1S/C19H40O4S/c1-3-5-6-7-8-9-10-11-12-13-14-15-16-17-18(20)19(4-2)24(21,22)23/h18-20H,3-17H2,1-2H3,(H,21,22,23). The maximum Gasteiger partial charge on any atom is 0.270 e. The molecule has 146 valence electrons. The molecule has 24 heavy (non-hydrogen) atoms. The van der Waals surface area contributed by atoms with Gasteiger partial charge in [0.15, 0.2) is 0 Å². The number of aliphatic hydroxyl groups excluding tert-OH is 1. The second-order valence-electron chi connectivity index (χ2n) is 7.06. The summed E-state index contributed by atoms with van der Waals surface area (Å²) >= 11 is 0. The van der Waals surface area contributed by atoms with Gasteiger partial charge < -0.3 is 5.11 Å². The number of hydrogen-bond donors (Lipinski definition) is 2. The van der Waals surface area contributed by atoms with Crippen molar-refractivity contribution in [2.45, 2.75) is 122 Å². The molecule has 0 aromatic carbocycles. The summed E-state index contributed by atoms with van der Waals surface area (Å²) < 4.78 is 31.3. The topological polar surface area (TPSA) is 74.6 Å². The van der Waals surface area contributed by atoms with Crippen LogP contribution in [-0.2, 0) is 10.1 Å². The lowest BCUT2D eigenvalue weighted by atomic mass is 10.0. The van der Waals surface area contributed by atoms with Crippen LogP contribution in [0.25, 0.3) is 0 Å². The Balaban J connectivity index is 3.42. The van der Waals surface area contributed by atoms with E-state index < -0.39 is 21.5 Å². The molecule has 0 fully saturated rings. The number of hydrogen-bond acceptors (Lipinski definition) is 3. The third-order valence-corrected chi connectivity index (χ3v) is 6.23. The SMILES string of the molecule is CCCCCCCCCCCCCCCC(O)C(CC)S(=O)(=O)O. The molecular formula is C19H40O4S. The number of aliphatic hydroxyl groups is 1. The van der Waals surface area contributed by atoms with Crippen molar-refractivity contribution in [3.05, 3.63) is 0 Å². The van der Waals surface area contributed by atoms with Crippen molar-refractivity contribution < 1.29 is 18.1 Å². The molecule has 0 amide bonds. The third kappa shape index (κ3) is 13.2. The Morgan fingerprint density at radius 1 is 0.708 bits per heavy atom. The van der Waals surface area contributed by atoms with E-state index in [1.54, 1.807) is 6.92 Å². The van der Waals surface area contributed by atoms with Crippen molar-refractivity contribution in [2.24, 2.45) is 0 Å². The maximum atomic E-state index is 11.1. The van der Waals surface area contributed by atoms with Crippen molar-refractivity contribution in [1.82, 2.24) is 0 Å². The first-order valence-corrected chi connectivity index (χ1v) is 11.6. The summed E-state index contributed by atoms with van der Waals surface area (Å²) in [5, 5.41) is 8.85. The fourth-order valence-corrected chi connectivity index (χ4v) is 4.19. The van der Waals surface area contributed by atoms with Crippen LogP contribution in [-0.4, -0.2) is 29.4 Å². The Morgan fingerprint density at radius 3 is 1.42 bits per heavy atom. The zero-order chi connectivity index (χ0) is 18.3. The highest BCUT2D eigenvalue weighted by molar-refractivity contribution is 7.86. The summed E-state index contributed by atoms with van der Waals surface area (Å²) in [4.78, 5) is 0. The lowest BCUT2D eigenvalue weighted by Gasteiger charge is -2.18. The van der Waals surface area contributed by atoms with Gasteiger partial charge in [0.1, 0.15) is 5.25 Å². The molecule has 0 radical (unpaired) electrons. The van der Waals surface area contributed by atoms with Crippen LogP contribution in [0.3, 0.4) is 0 Å². The lowest BCUT2D eigenvalue weighted by Crippen LogP contribution is -2.33. The molecule has 0 aliphatic carbocycles. The fourth-order valence-electron chi connectivity index (χ4n) is 3.24. The van der Waals surface area contributed by atoms with Crippen LogP contribution in [0, 0.1) is 0 Å². The summed E-state index contributed by atoms with van der Waals surface area (Å²) in [7, 11) is -4.13. The van der Waals surface area contributed by atoms with Crippen LogP contribution in [0.5, 0.6) is 0 Å². The van der Waals surface area contributed by atoms with Crippen LogP contribution in [0.4, 0.5) is 0 Å². The highest BCUT2D eigenvalue weighted by Gasteiger charge is 2.28. The second kappa shape index (κ2) is 15.2. The molecular weight excluding hydrogens is 324 g/mol. The monoisotopic (exact) mass is 364 g/mol. The van der Waals surface area contributed by atoms with E-state index in [4.69, 9.17) is 4.55 Å². The molecule has 0 heterocycles. The highest BCUT2D eigenvalue weighted by atomic mass is 32.2. The second-order valence-corrected chi connectivity index (χ2v) is 8.70. The van der Waals surface area contributed by atoms with Crippen molar-refractivity contribution in [2.75, 3.05) is 0 Å². The summed E-state index contributed by atoms with van der Waals surface area (Å²) in [6.45, 7) is 3.92. The average molecular weight is 365 g/mol. The van der Waals surface area contributed by atoms with Crippen molar-refractivity contribution in [3.63, 3.8) is 0 Å². The van der Waals surface area contributed by atoms with Crippen molar-refractivity contribution in [3.8, 4) is 0 Å². The minimum Gasteiger partial charge on any atom is -0.392 e. The molecule has 4 nitrogen and oxygen atoms in total. The van der Waals surface area contributed by atoms with Gasteiger partial charge in [-0.2, -0.15) is 8.42 Å². The molecule has 0 spiro atoms.